The second-order valence-corrected chi connectivity index (χ2v) is 10.9. The van der Waals surface area contributed by atoms with Crippen LogP contribution in [0.3, 0.4) is 0 Å². The lowest BCUT2D eigenvalue weighted by Crippen LogP contribution is -2.71. The number of fused-ring (bicyclic) bond motifs is 1. The summed E-state index contributed by atoms with van der Waals surface area (Å²) in [5.41, 5.74) is 6.02. The highest BCUT2D eigenvalue weighted by Gasteiger charge is 2.55. The predicted molar refractivity (Wildman–Crippen MR) is 113 cm³/mol. The van der Waals surface area contributed by atoms with E-state index in [1.165, 1.54) is 22.0 Å². The molecular formula is C15H15N5O5S4. The molecule has 2 saturated heterocycles. The molecule has 4 rings (SSSR count). The SMILES string of the molecule is Nc1nc(/C(=N/O)C(=O)N[C@@H]2C(=O)N3C(C(=O)O)=C(C4SCCS4)CS[C@H]23)cs1. The number of hydrogen-bond acceptors (Lipinski definition) is 11. The molecule has 1 aromatic rings. The molecule has 3 aliphatic rings. The van der Waals surface area contributed by atoms with E-state index in [0.717, 1.165) is 28.4 Å². The Kier molecular flexibility index (Phi) is 5.68. The van der Waals surface area contributed by atoms with Crippen LogP contribution in [-0.4, -0.2) is 76.9 Å². The van der Waals surface area contributed by atoms with Crippen LogP contribution in [0.4, 0.5) is 5.13 Å². The molecule has 0 unspecified atom stereocenters. The van der Waals surface area contributed by atoms with Crippen molar-refractivity contribution in [3.05, 3.63) is 22.3 Å². The fourth-order valence-corrected chi connectivity index (χ4v) is 8.30. The van der Waals surface area contributed by atoms with Gasteiger partial charge in [0.15, 0.2) is 10.8 Å². The molecule has 2 atom stereocenters. The molecule has 5 N–H and O–H groups in total. The van der Waals surface area contributed by atoms with Gasteiger partial charge in [-0.3, -0.25) is 14.5 Å². The smallest absolute Gasteiger partial charge is 0.352 e. The molecule has 3 aliphatic heterocycles. The van der Waals surface area contributed by atoms with Crippen LogP contribution in [0.2, 0.25) is 0 Å². The Morgan fingerprint density at radius 3 is 2.62 bits per heavy atom. The van der Waals surface area contributed by atoms with Gasteiger partial charge in [0.1, 0.15) is 22.8 Å². The van der Waals surface area contributed by atoms with E-state index >= 15 is 0 Å². The summed E-state index contributed by atoms with van der Waals surface area (Å²) in [6, 6.07) is -0.917. The van der Waals surface area contributed by atoms with Crippen molar-refractivity contribution in [1.29, 1.82) is 0 Å². The highest BCUT2D eigenvalue weighted by molar-refractivity contribution is 8.20. The van der Waals surface area contributed by atoms with Crippen molar-refractivity contribution >= 4 is 75.2 Å². The minimum atomic E-state index is -1.15. The van der Waals surface area contributed by atoms with E-state index in [1.807, 2.05) is 0 Å². The first-order valence-corrected chi connectivity index (χ1v) is 12.3. The summed E-state index contributed by atoms with van der Waals surface area (Å²) in [4.78, 5) is 42.2. The topological polar surface area (TPSA) is 158 Å². The first-order valence-electron chi connectivity index (χ1n) is 8.31. The number of carbonyl (C=O) groups excluding carboxylic acids is 2. The summed E-state index contributed by atoms with van der Waals surface area (Å²) < 4.78 is 0.0271. The molecule has 0 bridgehead atoms. The van der Waals surface area contributed by atoms with Crippen LogP contribution in [0.1, 0.15) is 5.69 Å². The summed E-state index contributed by atoms with van der Waals surface area (Å²) >= 11 is 5.84. The molecule has 0 aromatic carbocycles. The Morgan fingerprint density at radius 1 is 1.31 bits per heavy atom. The van der Waals surface area contributed by atoms with Crippen molar-refractivity contribution < 1.29 is 24.7 Å². The summed E-state index contributed by atoms with van der Waals surface area (Å²) in [5, 5.41) is 25.5. The number of hydrogen-bond donors (Lipinski definition) is 4. The van der Waals surface area contributed by atoms with Gasteiger partial charge in [-0.15, -0.1) is 46.6 Å². The minimum Gasteiger partial charge on any atom is -0.477 e. The number of nitrogens with one attached hydrogen (secondary N) is 1. The average Bonchev–Trinajstić information content (AvgIpc) is 3.37. The molecule has 154 valence electrons. The standard InChI is InChI=1S/C15H15N5O5S4/c16-15-17-6(4-29-15)7(19-25)10(21)18-8-11(22)20-9(13(23)24)5(3-28-12(8)20)14-26-1-2-27-14/h4,8,12,14,25H,1-3H2,(H2,16,17)(H,18,21)(H,23,24)/b19-7-/t8-,12-/m1/s1. The molecular weight excluding hydrogens is 458 g/mol. The van der Waals surface area contributed by atoms with Gasteiger partial charge in [0.25, 0.3) is 11.8 Å². The van der Waals surface area contributed by atoms with Crippen LogP contribution in [0, 0.1) is 0 Å². The fraction of sp³-hybridized carbons (Fsp3) is 0.400. The minimum absolute atomic E-state index is 0.0134. The lowest BCUT2D eigenvalue weighted by atomic mass is 10.0. The lowest BCUT2D eigenvalue weighted by molar-refractivity contribution is -0.150. The number of amides is 2. The Hall–Kier alpha value is -1.90. The summed E-state index contributed by atoms with van der Waals surface area (Å²) in [5.74, 6) is -0.0877. The number of oxime groups is 1. The zero-order valence-corrected chi connectivity index (χ0v) is 17.9. The first-order chi connectivity index (χ1) is 13.9. The van der Waals surface area contributed by atoms with Gasteiger partial charge in [0.05, 0.1) is 4.58 Å². The van der Waals surface area contributed by atoms with Crippen molar-refractivity contribution in [3.8, 4) is 0 Å². The van der Waals surface area contributed by atoms with Crippen molar-refractivity contribution in [2.24, 2.45) is 5.16 Å². The predicted octanol–water partition coefficient (Wildman–Crippen LogP) is 0.448. The Balaban J connectivity index is 1.52. The highest BCUT2D eigenvalue weighted by Crippen LogP contribution is 2.47. The van der Waals surface area contributed by atoms with E-state index in [-0.39, 0.29) is 26.8 Å². The van der Waals surface area contributed by atoms with Crippen molar-refractivity contribution in [1.82, 2.24) is 15.2 Å². The van der Waals surface area contributed by atoms with Gasteiger partial charge in [0, 0.05) is 22.6 Å². The van der Waals surface area contributed by atoms with Crippen LogP contribution in [0.25, 0.3) is 0 Å². The second kappa shape index (κ2) is 8.08. The largest absolute Gasteiger partial charge is 0.477 e. The van der Waals surface area contributed by atoms with Crippen LogP contribution in [0.15, 0.2) is 21.8 Å². The number of rotatable bonds is 5. The highest BCUT2D eigenvalue weighted by atomic mass is 32.2. The van der Waals surface area contributed by atoms with Crippen LogP contribution < -0.4 is 11.1 Å². The maximum atomic E-state index is 12.7. The molecule has 14 heteroatoms. The zero-order valence-electron chi connectivity index (χ0n) is 14.6. The van der Waals surface area contributed by atoms with E-state index in [0.29, 0.717) is 5.75 Å². The number of anilines is 1. The fourth-order valence-electron chi connectivity index (χ4n) is 3.20. The number of nitrogen functional groups attached to an aromatic ring is 1. The third-order valence-corrected chi connectivity index (χ3v) is 9.58. The molecule has 2 fully saturated rings. The monoisotopic (exact) mass is 473 g/mol. The zero-order chi connectivity index (χ0) is 20.7. The molecule has 10 nitrogen and oxygen atoms in total. The third-order valence-electron chi connectivity index (χ3n) is 4.47. The third kappa shape index (κ3) is 3.58. The summed E-state index contributed by atoms with van der Waals surface area (Å²) in [6.07, 6.45) is 0. The molecule has 29 heavy (non-hydrogen) atoms. The number of aliphatic carboxylic acids is 1. The van der Waals surface area contributed by atoms with Crippen LogP contribution in [0.5, 0.6) is 0 Å². The molecule has 4 heterocycles. The quantitative estimate of drug-likeness (QED) is 0.205. The van der Waals surface area contributed by atoms with E-state index in [9.17, 15) is 24.7 Å². The Morgan fingerprint density at radius 2 is 2.03 bits per heavy atom. The summed E-state index contributed by atoms with van der Waals surface area (Å²) in [6.45, 7) is 0. The molecule has 1 aromatic heterocycles. The van der Waals surface area contributed by atoms with Crippen LogP contribution in [-0.2, 0) is 14.4 Å². The number of β-lactam (4-membered cyclic amide) rings is 1. The first kappa shape index (κ1) is 20.4. The number of aromatic nitrogens is 1. The van der Waals surface area contributed by atoms with E-state index < -0.39 is 29.2 Å². The van der Waals surface area contributed by atoms with Gasteiger partial charge in [0.2, 0.25) is 0 Å². The molecule has 0 aliphatic carbocycles. The van der Waals surface area contributed by atoms with E-state index in [1.54, 1.807) is 23.5 Å². The Bertz CT molecular complexity index is 941. The number of nitrogens with zero attached hydrogens (tertiary/aromatic N) is 3. The van der Waals surface area contributed by atoms with Crippen molar-refractivity contribution in [2.45, 2.75) is 16.0 Å². The number of nitrogens with two attached hydrogens (primary N) is 1. The number of carbonyl (C=O) groups is 3. The van der Waals surface area contributed by atoms with Gasteiger partial charge in [-0.2, -0.15) is 0 Å². The maximum absolute atomic E-state index is 12.7. The van der Waals surface area contributed by atoms with E-state index in [2.05, 4.69) is 15.5 Å². The van der Waals surface area contributed by atoms with Crippen molar-refractivity contribution in [3.63, 3.8) is 0 Å². The normalized spacial score (nSPS) is 25.0. The van der Waals surface area contributed by atoms with Crippen LogP contribution >= 0.6 is 46.6 Å². The maximum Gasteiger partial charge on any atom is 0.352 e. The lowest BCUT2D eigenvalue weighted by Gasteiger charge is -2.49. The van der Waals surface area contributed by atoms with Crippen molar-refractivity contribution in [2.75, 3.05) is 23.0 Å². The van der Waals surface area contributed by atoms with Gasteiger partial charge in [-0.1, -0.05) is 5.16 Å². The average molecular weight is 474 g/mol. The van der Waals surface area contributed by atoms with Gasteiger partial charge in [-0.25, -0.2) is 9.78 Å². The number of carboxylic acids is 1. The van der Waals surface area contributed by atoms with Gasteiger partial charge in [-0.05, 0) is 5.57 Å². The summed E-state index contributed by atoms with van der Waals surface area (Å²) in [7, 11) is 0. The molecule has 2 amide bonds. The van der Waals surface area contributed by atoms with Gasteiger partial charge < -0.3 is 21.4 Å². The number of carboxylic acid groups (broad SMARTS) is 1. The molecule has 0 radical (unpaired) electrons. The van der Waals surface area contributed by atoms with E-state index in [4.69, 9.17) is 5.73 Å². The molecule has 0 spiro atoms. The van der Waals surface area contributed by atoms with Gasteiger partial charge >= 0.3 is 5.97 Å². The molecule has 0 saturated carbocycles. The second-order valence-electron chi connectivity index (χ2n) is 6.13. The number of thiazole rings is 1. The number of thioether (sulfide) groups is 3. The Labute approximate surface area is 181 Å².